The molecule has 1 atom stereocenters. The van der Waals surface area contributed by atoms with Gasteiger partial charge in [0.1, 0.15) is 11.9 Å². The Hall–Kier alpha value is -1.75. The number of rotatable bonds is 9. The van der Waals surface area contributed by atoms with E-state index in [-0.39, 0.29) is 12.2 Å². The number of anilines is 1. The molecule has 3 aliphatic rings. The van der Waals surface area contributed by atoms with Gasteiger partial charge in [-0.3, -0.25) is 10.2 Å². The van der Waals surface area contributed by atoms with Crippen molar-refractivity contribution >= 4 is 11.8 Å². The Kier molecular flexibility index (Phi) is 7.18. The lowest BCUT2D eigenvalue weighted by Gasteiger charge is -2.43. The van der Waals surface area contributed by atoms with Crippen LogP contribution in [-0.2, 0) is 4.74 Å². The Bertz CT molecular complexity index is 570. The van der Waals surface area contributed by atoms with Gasteiger partial charge in [-0.05, 0) is 50.4 Å². The predicted octanol–water partition coefficient (Wildman–Crippen LogP) is 4.68. The second-order valence-corrected chi connectivity index (χ2v) is 7.50. The van der Waals surface area contributed by atoms with Crippen LogP contribution in [-0.4, -0.2) is 43.3 Å². The van der Waals surface area contributed by atoms with Gasteiger partial charge < -0.3 is 9.47 Å². The maximum Gasteiger partial charge on any atom is 0.411 e. The molecule has 1 aromatic rings. The highest BCUT2D eigenvalue weighted by molar-refractivity contribution is 5.85. The normalized spacial score (nSPS) is 24.3. The van der Waals surface area contributed by atoms with E-state index in [1.807, 2.05) is 24.3 Å². The van der Waals surface area contributed by atoms with Crippen LogP contribution in [0, 0.1) is 5.92 Å². The molecular formula is C21H32N2O3. The third-order valence-electron chi connectivity index (χ3n) is 5.45. The molecule has 0 aliphatic carbocycles. The summed E-state index contributed by atoms with van der Waals surface area (Å²) in [6.45, 7) is 6.10. The maximum atomic E-state index is 12.2. The van der Waals surface area contributed by atoms with Crippen LogP contribution >= 0.6 is 0 Å². The molecule has 5 heteroatoms. The van der Waals surface area contributed by atoms with Crippen molar-refractivity contribution in [3.63, 3.8) is 0 Å². The minimum atomic E-state index is -0.361. The highest BCUT2D eigenvalue weighted by Gasteiger charge is 2.36. The van der Waals surface area contributed by atoms with Gasteiger partial charge in [-0.15, -0.1) is 0 Å². The Labute approximate surface area is 157 Å². The number of unbranched alkanes of at least 4 members (excludes halogenated alkanes) is 4. The van der Waals surface area contributed by atoms with Crippen molar-refractivity contribution < 1.29 is 14.3 Å². The molecule has 1 N–H and O–H groups in total. The molecule has 4 rings (SSSR count). The highest BCUT2D eigenvalue weighted by atomic mass is 16.6. The second kappa shape index (κ2) is 9.81. The summed E-state index contributed by atoms with van der Waals surface area (Å²) in [7, 11) is 0. The quantitative estimate of drug-likeness (QED) is 0.650. The Morgan fingerprint density at radius 1 is 1.19 bits per heavy atom. The molecule has 0 radical (unpaired) electrons. The molecule has 3 fully saturated rings. The summed E-state index contributed by atoms with van der Waals surface area (Å²) in [5.74, 6) is 1.31. The van der Waals surface area contributed by atoms with Crippen LogP contribution in [0.3, 0.4) is 0 Å². The van der Waals surface area contributed by atoms with E-state index in [0.717, 1.165) is 56.9 Å². The van der Waals surface area contributed by atoms with Crippen LogP contribution in [0.1, 0.15) is 51.9 Å². The van der Waals surface area contributed by atoms with Crippen LogP contribution in [0.4, 0.5) is 10.5 Å². The minimum absolute atomic E-state index is 0.0278. The van der Waals surface area contributed by atoms with Crippen molar-refractivity contribution in [1.82, 2.24) is 4.90 Å². The summed E-state index contributed by atoms with van der Waals surface area (Å²) in [5.41, 5.74) is 0.722. The molecule has 0 spiro atoms. The largest absolute Gasteiger partial charge is 0.494 e. The van der Waals surface area contributed by atoms with E-state index in [1.54, 1.807) is 0 Å². The number of carbonyl (C=O) groups excluding carboxylic acids is 1. The lowest BCUT2D eigenvalue weighted by molar-refractivity contribution is -0.0289. The van der Waals surface area contributed by atoms with Crippen molar-refractivity contribution in [2.75, 3.05) is 31.6 Å². The van der Waals surface area contributed by atoms with Crippen molar-refractivity contribution in [3.05, 3.63) is 24.3 Å². The summed E-state index contributed by atoms with van der Waals surface area (Å²) < 4.78 is 11.5. The molecule has 5 nitrogen and oxygen atoms in total. The van der Waals surface area contributed by atoms with Crippen LogP contribution in [0.15, 0.2) is 24.3 Å². The first kappa shape index (κ1) is 19.0. The Morgan fingerprint density at radius 2 is 2.00 bits per heavy atom. The number of fused-ring (bicyclic) bond motifs is 3. The second-order valence-electron chi connectivity index (χ2n) is 7.50. The number of amides is 1. The third-order valence-corrected chi connectivity index (χ3v) is 5.45. The van der Waals surface area contributed by atoms with E-state index < -0.39 is 0 Å². The monoisotopic (exact) mass is 360 g/mol. The van der Waals surface area contributed by atoms with E-state index >= 15 is 0 Å². The highest BCUT2D eigenvalue weighted by Crippen LogP contribution is 2.29. The topological polar surface area (TPSA) is 50.8 Å². The zero-order chi connectivity index (χ0) is 18.2. The molecule has 3 aliphatic heterocycles. The number of hydrogen-bond acceptors (Lipinski definition) is 4. The SMILES string of the molecule is CCCCCCCOc1cccc(NC(=O)OC2CN3CCC2CC3)c1. The number of ether oxygens (including phenoxy) is 2. The summed E-state index contributed by atoms with van der Waals surface area (Å²) in [6, 6.07) is 7.56. The van der Waals surface area contributed by atoms with E-state index in [0.29, 0.717) is 5.92 Å². The van der Waals surface area contributed by atoms with E-state index in [1.165, 1.54) is 25.7 Å². The summed E-state index contributed by atoms with van der Waals surface area (Å²) >= 11 is 0. The fourth-order valence-corrected chi connectivity index (χ4v) is 3.89. The van der Waals surface area contributed by atoms with E-state index in [9.17, 15) is 4.79 Å². The predicted molar refractivity (Wildman–Crippen MR) is 104 cm³/mol. The zero-order valence-corrected chi connectivity index (χ0v) is 15.9. The molecule has 0 aromatic heterocycles. The molecule has 1 unspecified atom stereocenters. The van der Waals surface area contributed by atoms with Crippen molar-refractivity contribution in [2.45, 2.75) is 58.0 Å². The zero-order valence-electron chi connectivity index (χ0n) is 15.9. The molecule has 3 saturated heterocycles. The fourth-order valence-electron chi connectivity index (χ4n) is 3.89. The number of carbonyl (C=O) groups is 1. The first-order valence-electron chi connectivity index (χ1n) is 10.2. The smallest absolute Gasteiger partial charge is 0.411 e. The van der Waals surface area contributed by atoms with Crippen molar-refractivity contribution in [2.24, 2.45) is 5.92 Å². The number of nitrogens with zero attached hydrogens (tertiary/aromatic N) is 1. The average molecular weight is 360 g/mol. The van der Waals surface area contributed by atoms with Gasteiger partial charge >= 0.3 is 6.09 Å². The Morgan fingerprint density at radius 3 is 2.73 bits per heavy atom. The molecule has 2 bridgehead atoms. The lowest BCUT2D eigenvalue weighted by Crippen LogP contribution is -2.52. The van der Waals surface area contributed by atoms with Crippen LogP contribution in [0.5, 0.6) is 5.75 Å². The molecule has 1 amide bonds. The third kappa shape index (κ3) is 5.63. The van der Waals surface area contributed by atoms with Gasteiger partial charge in [0.15, 0.2) is 0 Å². The molecule has 26 heavy (non-hydrogen) atoms. The Balaban J connectivity index is 1.41. The van der Waals surface area contributed by atoms with Crippen molar-refractivity contribution in [1.29, 1.82) is 0 Å². The van der Waals surface area contributed by atoms with Crippen LogP contribution in [0.25, 0.3) is 0 Å². The van der Waals surface area contributed by atoms with Gasteiger partial charge in [0.2, 0.25) is 0 Å². The van der Waals surface area contributed by atoms with Crippen LogP contribution in [0.2, 0.25) is 0 Å². The molecule has 3 heterocycles. The standard InChI is InChI=1S/C21H32N2O3/c1-2-3-4-5-6-14-25-19-9-7-8-18(15-19)22-21(24)26-20-16-23-12-10-17(20)11-13-23/h7-9,15,17,20H,2-6,10-14,16H2,1H3,(H,22,24). The number of nitrogens with one attached hydrogen (secondary N) is 1. The van der Waals surface area contributed by atoms with Gasteiger partial charge in [-0.2, -0.15) is 0 Å². The summed E-state index contributed by atoms with van der Waals surface area (Å²) in [5, 5.41) is 2.85. The number of hydrogen-bond donors (Lipinski definition) is 1. The number of piperidine rings is 3. The van der Waals surface area contributed by atoms with Gasteiger partial charge in [-0.25, -0.2) is 4.79 Å². The van der Waals surface area contributed by atoms with Gasteiger partial charge in [0, 0.05) is 18.3 Å². The number of benzene rings is 1. The minimum Gasteiger partial charge on any atom is -0.494 e. The first-order chi connectivity index (χ1) is 12.7. The lowest BCUT2D eigenvalue weighted by atomic mass is 9.86. The van der Waals surface area contributed by atoms with Gasteiger partial charge in [0.05, 0.1) is 6.61 Å². The van der Waals surface area contributed by atoms with Gasteiger partial charge in [0.25, 0.3) is 0 Å². The molecule has 0 saturated carbocycles. The molecular weight excluding hydrogens is 328 g/mol. The van der Waals surface area contributed by atoms with Crippen molar-refractivity contribution in [3.8, 4) is 5.75 Å². The van der Waals surface area contributed by atoms with E-state index in [2.05, 4.69) is 17.1 Å². The van der Waals surface area contributed by atoms with Crippen LogP contribution < -0.4 is 10.1 Å². The summed E-state index contributed by atoms with van der Waals surface area (Å²) in [6.07, 6.45) is 8.04. The fraction of sp³-hybridized carbons (Fsp3) is 0.667. The first-order valence-corrected chi connectivity index (χ1v) is 10.2. The average Bonchev–Trinajstić information content (AvgIpc) is 2.66. The molecule has 144 valence electrons. The maximum absolute atomic E-state index is 12.2. The molecule has 1 aromatic carbocycles. The summed E-state index contributed by atoms with van der Waals surface area (Å²) in [4.78, 5) is 14.6. The van der Waals surface area contributed by atoms with Gasteiger partial charge in [-0.1, -0.05) is 38.7 Å². The van der Waals surface area contributed by atoms with E-state index in [4.69, 9.17) is 9.47 Å².